The van der Waals surface area contributed by atoms with Crippen LogP contribution in [0.25, 0.3) is 0 Å². The average molecular weight is 430 g/mol. The number of imide groups is 1. The normalized spacial score (nSPS) is 20.1. The quantitative estimate of drug-likeness (QED) is 0.739. The third kappa shape index (κ3) is 3.41. The molecule has 2 aliphatic rings. The molecule has 1 saturated heterocycles. The van der Waals surface area contributed by atoms with Crippen molar-refractivity contribution in [3.05, 3.63) is 58.9 Å². The lowest BCUT2D eigenvalue weighted by Crippen LogP contribution is -2.43. The topological polar surface area (TPSA) is 94.4 Å². The summed E-state index contributed by atoms with van der Waals surface area (Å²) >= 11 is 5.78. The molecule has 2 aromatic rings. The van der Waals surface area contributed by atoms with Gasteiger partial charge in [0.05, 0.1) is 10.7 Å². The van der Waals surface area contributed by atoms with Gasteiger partial charge in [-0.1, -0.05) is 41.9 Å². The molecule has 0 aromatic heterocycles. The van der Waals surface area contributed by atoms with Crippen molar-refractivity contribution in [1.29, 1.82) is 0 Å². The number of carbonyl (C=O) groups excluding carboxylic acids is 3. The fraction of sp³-hybridized carbons (Fsp3) is 0.250. The number of nitrogens with zero attached hydrogens (tertiary/aromatic N) is 4. The van der Waals surface area contributed by atoms with E-state index in [1.807, 2.05) is 25.1 Å². The molecule has 4 rings (SSSR count). The first-order valence-corrected chi connectivity index (χ1v) is 9.66. The summed E-state index contributed by atoms with van der Waals surface area (Å²) in [6.07, 6.45) is 0.743. The Morgan fingerprint density at radius 1 is 1.20 bits per heavy atom. The molecule has 0 spiro atoms. The maximum absolute atomic E-state index is 13.4. The van der Waals surface area contributed by atoms with E-state index in [4.69, 9.17) is 11.6 Å². The summed E-state index contributed by atoms with van der Waals surface area (Å²) in [4.78, 5) is 39.0. The Morgan fingerprint density at radius 2 is 1.97 bits per heavy atom. The van der Waals surface area contributed by atoms with E-state index in [1.54, 1.807) is 6.07 Å². The van der Waals surface area contributed by atoms with Gasteiger partial charge in [-0.15, -0.1) is 0 Å². The monoisotopic (exact) mass is 429 g/mol. The van der Waals surface area contributed by atoms with Crippen LogP contribution in [0, 0.1) is 5.82 Å². The van der Waals surface area contributed by atoms with Gasteiger partial charge in [0.15, 0.2) is 12.1 Å². The molecule has 8 nitrogen and oxygen atoms in total. The van der Waals surface area contributed by atoms with Crippen molar-refractivity contribution < 1.29 is 18.8 Å². The lowest BCUT2D eigenvalue weighted by atomic mass is 10.1. The average Bonchev–Trinajstić information content (AvgIpc) is 3.24. The zero-order valence-electron chi connectivity index (χ0n) is 15.9. The van der Waals surface area contributed by atoms with Crippen LogP contribution in [0.5, 0.6) is 0 Å². The highest BCUT2D eigenvalue weighted by Gasteiger charge is 2.55. The van der Waals surface area contributed by atoms with E-state index in [2.05, 4.69) is 15.7 Å². The minimum absolute atomic E-state index is 0.141. The van der Waals surface area contributed by atoms with Gasteiger partial charge in [-0.25, -0.2) is 9.29 Å². The molecule has 30 heavy (non-hydrogen) atoms. The first-order chi connectivity index (χ1) is 14.4. The Kier molecular flexibility index (Phi) is 5.21. The van der Waals surface area contributed by atoms with Crippen LogP contribution in [0.2, 0.25) is 5.02 Å². The van der Waals surface area contributed by atoms with Crippen molar-refractivity contribution in [3.63, 3.8) is 0 Å². The second kappa shape index (κ2) is 7.83. The Morgan fingerprint density at radius 3 is 2.70 bits per heavy atom. The number of hydrogen-bond acceptors (Lipinski definition) is 6. The molecule has 2 atom stereocenters. The van der Waals surface area contributed by atoms with Crippen LogP contribution >= 0.6 is 11.6 Å². The van der Waals surface area contributed by atoms with Crippen molar-refractivity contribution in [2.45, 2.75) is 25.4 Å². The minimum Gasteiger partial charge on any atom is -0.324 e. The molecule has 2 aliphatic heterocycles. The first kappa shape index (κ1) is 20.0. The zero-order chi connectivity index (χ0) is 21.4. The number of fused-ring (bicyclic) bond motifs is 1. The summed E-state index contributed by atoms with van der Waals surface area (Å²) < 4.78 is 13.4. The molecule has 1 fully saturated rings. The highest BCUT2D eigenvalue weighted by molar-refractivity contribution is 6.32. The Labute approximate surface area is 176 Å². The predicted octanol–water partition coefficient (Wildman–Crippen LogP) is 2.97. The molecule has 154 valence electrons. The number of carbonyl (C=O) groups is 3. The van der Waals surface area contributed by atoms with E-state index in [-0.39, 0.29) is 23.2 Å². The third-order valence-electron chi connectivity index (χ3n) is 5.00. The fourth-order valence-corrected chi connectivity index (χ4v) is 3.69. The first-order valence-electron chi connectivity index (χ1n) is 9.28. The highest BCUT2D eigenvalue weighted by atomic mass is 35.5. The number of rotatable bonds is 5. The zero-order valence-corrected chi connectivity index (χ0v) is 16.6. The number of aryl methyl sites for hydroxylation is 1. The summed E-state index contributed by atoms with van der Waals surface area (Å²) in [5.41, 5.74) is 1.79. The van der Waals surface area contributed by atoms with Gasteiger partial charge in [0, 0.05) is 5.69 Å². The van der Waals surface area contributed by atoms with Crippen molar-refractivity contribution >= 4 is 40.7 Å². The van der Waals surface area contributed by atoms with Gasteiger partial charge in [-0.2, -0.15) is 5.11 Å². The summed E-state index contributed by atoms with van der Waals surface area (Å²) in [6.45, 7) is 1.73. The molecular formula is C20H17ClFN5O3. The lowest BCUT2D eigenvalue weighted by Gasteiger charge is -2.20. The van der Waals surface area contributed by atoms with Crippen molar-refractivity contribution in [2.75, 3.05) is 16.8 Å². The van der Waals surface area contributed by atoms with E-state index in [9.17, 15) is 18.8 Å². The molecular weight excluding hydrogens is 413 g/mol. The number of halogens is 2. The molecule has 0 saturated carbocycles. The highest BCUT2D eigenvalue weighted by Crippen LogP contribution is 2.33. The maximum atomic E-state index is 13.4. The van der Waals surface area contributed by atoms with E-state index in [0.29, 0.717) is 5.69 Å². The molecule has 2 aromatic carbocycles. The van der Waals surface area contributed by atoms with Crippen LogP contribution < -0.4 is 10.2 Å². The van der Waals surface area contributed by atoms with Gasteiger partial charge in [0.2, 0.25) is 5.91 Å². The largest absolute Gasteiger partial charge is 0.324 e. The van der Waals surface area contributed by atoms with Gasteiger partial charge in [0.1, 0.15) is 12.4 Å². The van der Waals surface area contributed by atoms with Gasteiger partial charge >= 0.3 is 0 Å². The molecule has 0 radical (unpaired) electrons. The summed E-state index contributed by atoms with van der Waals surface area (Å²) in [5.74, 6) is -2.25. The summed E-state index contributed by atoms with van der Waals surface area (Å²) in [7, 11) is 0. The van der Waals surface area contributed by atoms with E-state index in [0.717, 1.165) is 23.0 Å². The molecule has 0 unspecified atom stereocenters. The van der Waals surface area contributed by atoms with Crippen LogP contribution in [-0.4, -0.2) is 41.4 Å². The van der Waals surface area contributed by atoms with Crippen LogP contribution in [0.15, 0.2) is 52.8 Å². The number of amides is 3. The Bertz CT molecular complexity index is 1080. The SMILES string of the molecule is CCc1ccccc1NC(=O)CN1N=N[C@H]2C(=O)N(c3ccc(F)c(Cl)c3)C(=O)[C@H]21. The van der Waals surface area contributed by atoms with E-state index in [1.165, 1.54) is 17.1 Å². The molecule has 10 heteroatoms. The van der Waals surface area contributed by atoms with Gasteiger partial charge in [-0.3, -0.25) is 19.4 Å². The van der Waals surface area contributed by atoms with Gasteiger partial charge in [0.25, 0.3) is 11.8 Å². The van der Waals surface area contributed by atoms with Crippen molar-refractivity contribution in [3.8, 4) is 0 Å². The number of anilines is 2. The second-order valence-corrected chi connectivity index (χ2v) is 7.27. The minimum atomic E-state index is -1.06. The smallest absolute Gasteiger partial charge is 0.263 e. The van der Waals surface area contributed by atoms with Crippen LogP contribution in [0.1, 0.15) is 12.5 Å². The second-order valence-electron chi connectivity index (χ2n) is 6.86. The standard InChI is InChI=1S/C20H17ClFN5O3/c1-2-11-5-3-4-6-15(11)23-16(28)10-26-18-17(24-25-26)19(29)27(20(18)30)12-7-8-14(22)13(21)9-12/h3-9,17-18H,2,10H2,1H3,(H,23,28)/t17-,18+/m1/s1. The third-order valence-corrected chi connectivity index (χ3v) is 5.29. The fourth-order valence-electron chi connectivity index (χ4n) is 3.52. The van der Waals surface area contributed by atoms with Crippen LogP contribution in [0.4, 0.5) is 15.8 Å². The molecule has 1 N–H and O–H groups in total. The molecule has 3 amide bonds. The maximum Gasteiger partial charge on any atom is 0.263 e. The van der Waals surface area contributed by atoms with Crippen LogP contribution in [-0.2, 0) is 20.8 Å². The van der Waals surface area contributed by atoms with Gasteiger partial charge < -0.3 is 5.32 Å². The van der Waals surface area contributed by atoms with Crippen molar-refractivity contribution in [2.24, 2.45) is 10.3 Å². The predicted molar refractivity (Wildman–Crippen MR) is 107 cm³/mol. The summed E-state index contributed by atoms with van der Waals surface area (Å²) in [5, 5.41) is 11.5. The van der Waals surface area contributed by atoms with E-state index >= 15 is 0 Å². The number of nitrogens with one attached hydrogen (secondary N) is 1. The number of para-hydroxylation sites is 1. The Hall–Kier alpha value is -3.33. The lowest BCUT2D eigenvalue weighted by molar-refractivity contribution is -0.123. The van der Waals surface area contributed by atoms with E-state index < -0.39 is 29.7 Å². The summed E-state index contributed by atoms with van der Waals surface area (Å²) in [6, 6.07) is 8.85. The van der Waals surface area contributed by atoms with Crippen molar-refractivity contribution in [1.82, 2.24) is 5.01 Å². The number of hydrogen-bond donors (Lipinski definition) is 1. The molecule has 0 aliphatic carbocycles. The number of benzene rings is 2. The van der Waals surface area contributed by atoms with Crippen LogP contribution in [0.3, 0.4) is 0 Å². The molecule has 0 bridgehead atoms. The Balaban J connectivity index is 1.50. The molecule has 2 heterocycles. The van der Waals surface area contributed by atoms with Gasteiger partial charge in [-0.05, 0) is 36.2 Å².